The summed E-state index contributed by atoms with van der Waals surface area (Å²) in [5, 5.41) is 3.01. The van der Waals surface area contributed by atoms with Crippen LogP contribution < -0.4 is 5.32 Å². The van der Waals surface area contributed by atoms with E-state index in [0.717, 1.165) is 24.8 Å². The normalized spacial score (nSPS) is 21.5. The van der Waals surface area contributed by atoms with Gasteiger partial charge in [0.25, 0.3) is 5.91 Å². The molecule has 1 N–H and O–H groups in total. The lowest BCUT2D eigenvalue weighted by molar-refractivity contribution is -0.0382. The van der Waals surface area contributed by atoms with Gasteiger partial charge in [0.2, 0.25) is 5.92 Å². The van der Waals surface area contributed by atoms with Gasteiger partial charge in [-0.3, -0.25) is 9.78 Å². The Morgan fingerprint density at radius 1 is 1.12 bits per heavy atom. The van der Waals surface area contributed by atoms with E-state index in [9.17, 15) is 13.6 Å². The van der Waals surface area contributed by atoms with Gasteiger partial charge in [-0.25, -0.2) is 18.7 Å². The molecule has 3 heterocycles. The number of hydrogen-bond acceptors (Lipinski definition) is 5. The van der Waals surface area contributed by atoms with Crippen LogP contribution in [0.3, 0.4) is 0 Å². The Morgan fingerprint density at radius 2 is 1.84 bits per heavy atom. The molecule has 1 aliphatic heterocycles. The summed E-state index contributed by atoms with van der Waals surface area (Å²) in [5.41, 5.74) is 2.46. The molecule has 6 nitrogen and oxygen atoms in total. The molecule has 1 saturated carbocycles. The number of ether oxygens (including phenoxy) is 1. The molecule has 1 atom stereocenters. The first kappa shape index (κ1) is 22.7. The first-order valence-corrected chi connectivity index (χ1v) is 11.5. The standard InChI is InChI=1S/C24H30F2N4O2/c1-15(2)22-28-13-17(14-29-22)23(31)30-20-18(16-6-9-24(25,26)10-7-16)8-11-27-21(20)19-5-3-4-12-32-19/h8,11,13-16,19H,3-7,9-10,12H2,1-2H3,(H,30,31). The Bertz CT molecular complexity index is 934. The number of amides is 1. The van der Waals surface area contributed by atoms with Crippen LogP contribution in [0.25, 0.3) is 0 Å². The predicted molar refractivity (Wildman–Crippen MR) is 117 cm³/mol. The lowest BCUT2D eigenvalue weighted by Gasteiger charge is -2.31. The molecule has 0 spiro atoms. The molecule has 2 aliphatic rings. The number of nitrogens with one attached hydrogen (secondary N) is 1. The number of nitrogens with zero attached hydrogens (tertiary/aromatic N) is 3. The van der Waals surface area contributed by atoms with Gasteiger partial charge in [-0.2, -0.15) is 0 Å². The van der Waals surface area contributed by atoms with Crippen molar-refractivity contribution < 1.29 is 18.3 Å². The van der Waals surface area contributed by atoms with Gasteiger partial charge in [-0.15, -0.1) is 0 Å². The second kappa shape index (κ2) is 9.57. The van der Waals surface area contributed by atoms with Gasteiger partial charge in [-0.05, 0) is 49.7 Å². The van der Waals surface area contributed by atoms with Crippen molar-refractivity contribution in [1.82, 2.24) is 15.0 Å². The van der Waals surface area contributed by atoms with E-state index >= 15 is 0 Å². The molecule has 0 bridgehead atoms. The zero-order valence-electron chi connectivity index (χ0n) is 18.6. The Labute approximate surface area is 187 Å². The van der Waals surface area contributed by atoms with Gasteiger partial charge in [0.05, 0.1) is 16.9 Å². The highest BCUT2D eigenvalue weighted by Crippen LogP contribution is 2.44. The number of pyridine rings is 1. The summed E-state index contributed by atoms with van der Waals surface area (Å²) >= 11 is 0. The Kier molecular flexibility index (Phi) is 6.79. The smallest absolute Gasteiger partial charge is 0.258 e. The monoisotopic (exact) mass is 444 g/mol. The van der Waals surface area contributed by atoms with Crippen molar-refractivity contribution >= 4 is 11.6 Å². The molecule has 0 aromatic carbocycles. The topological polar surface area (TPSA) is 77.0 Å². The van der Waals surface area contributed by atoms with Crippen molar-refractivity contribution in [2.24, 2.45) is 0 Å². The van der Waals surface area contributed by atoms with Crippen LogP contribution in [0.4, 0.5) is 14.5 Å². The molecule has 2 aromatic rings. The number of halogens is 2. The largest absolute Gasteiger partial charge is 0.372 e. The third kappa shape index (κ3) is 5.11. The molecule has 32 heavy (non-hydrogen) atoms. The predicted octanol–water partition coefficient (Wildman–Crippen LogP) is 5.78. The number of carbonyl (C=O) groups excluding carboxylic acids is 1. The summed E-state index contributed by atoms with van der Waals surface area (Å²) < 4.78 is 33.5. The summed E-state index contributed by atoms with van der Waals surface area (Å²) in [6.07, 6.45) is 7.80. The SMILES string of the molecule is CC(C)c1ncc(C(=O)Nc2c(C3CCC(F)(F)CC3)ccnc2C2CCCCO2)cn1. The average molecular weight is 445 g/mol. The number of alkyl halides is 2. The molecule has 1 saturated heterocycles. The zero-order chi connectivity index (χ0) is 22.7. The van der Waals surface area contributed by atoms with Crippen LogP contribution in [0.15, 0.2) is 24.7 Å². The van der Waals surface area contributed by atoms with Gasteiger partial charge >= 0.3 is 0 Å². The van der Waals surface area contributed by atoms with Crippen LogP contribution in [0.5, 0.6) is 0 Å². The number of aromatic nitrogens is 3. The van der Waals surface area contributed by atoms with Gasteiger partial charge in [0, 0.05) is 44.0 Å². The second-order valence-corrected chi connectivity index (χ2v) is 9.08. The molecule has 2 aromatic heterocycles. The molecule has 1 aliphatic carbocycles. The maximum Gasteiger partial charge on any atom is 0.258 e. The molecule has 8 heteroatoms. The first-order chi connectivity index (χ1) is 15.3. The van der Waals surface area contributed by atoms with E-state index in [4.69, 9.17) is 4.74 Å². The summed E-state index contributed by atoms with van der Waals surface area (Å²) in [7, 11) is 0. The Morgan fingerprint density at radius 3 is 2.47 bits per heavy atom. The van der Waals surface area contributed by atoms with Crippen molar-refractivity contribution in [2.75, 3.05) is 11.9 Å². The number of rotatable bonds is 5. The van der Waals surface area contributed by atoms with Crippen molar-refractivity contribution in [1.29, 1.82) is 0 Å². The second-order valence-electron chi connectivity index (χ2n) is 9.08. The minimum absolute atomic E-state index is 0.0603. The maximum atomic E-state index is 13.8. The highest BCUT2D eigenvalue weighted by molar-refractivity contribution is 6.04. The molecular weight excluding hydrogens is 414 g/mol. The minimum atomic E-state index is -2.61. The summed E-state index contributed by atoms with van der Waals surface area (Å²) in [6, 6.07) is 1.84. The highest BCUT2D eigenvalue weighted by atomic mass is 19.3. The van der Waals surface area contributed by atoms with E-state index in [1.54, 1.807) is 6.20 Å². The maximum absolute atomic E-state index is 13.8. The summed E-state index contributed by atoms with van der Waals surface area (Å²) in [5.74, 6) is -2.18. The van der Waals surface area contributed by atoms with E-state index in [2.05, 4.69) is 20.3 Å². The van der Waals surface area contributed by atoms with Crippen LogP contribution in [0, 0.1) is 0 Å². The number of carbonyl (C=O) groups is 1. The Hall–Kier alpha value is -2.48. The van der Waals surface area contributed by atoms with Crippen molar-refractivity contribution in [2.45, 2.75) is 82.7 Å². The van der Waals surface area contributed by atoms with Crippen molar-refractivity contribution in [3.63, 3.8) is 0 Å². The lowest BCUT2D eigenvalue weighted by atomic mass is 9.81. The number of anilines is 1. The fraction of sp³-hybridized carbons (Fsp3) is 0.583. The summed E-state index contributed by atoms with van der Waals surface area (Å²) in [4.78, 5) is 26.2. The minimum Gasteiger partial charge on any atom is -0.372 e. The van der Waals surface area contributed by atoms with Gasteiger partial charge < -0.3 is 10.1 Å². The molecule has 1 unspecified atom stereocenters. The fourth-order valence-electron chi connectivity index (χ4n) is 4.46. The van der Waals surface area contributed by atoms with Gasteiger partial charge in [0.1, 0.15) is 11.9 Å². The van der Waals surface area contributed by atoms with Crippen LogP contribution in [0.2, 0.25) is 0 Å². The highest BCUT2D eigenvalue weighted by Gasteiger charge is 2.37. The molecule has 4 rings (SSSR count). The molecular formula is C24H30F2N4O2. The van der Waals surface area contributed by atoms with Crippen molar-refractivity contribution in [3.8, 4) is 0 Å². The third-order valence-corrected chi connectivity index (χ3v) is 6.34. The van der Waals surface area contributed by atoms with Crippen LogP contribution in [0.1, 0.15) is 104 Å². The lowest BCUT2D eigenvalue weighted by Crippen LogP contribution is -2.25. The van der Waals surface area contributed by atoms with Gasteiger partial charge in [0.15, 0.2) is 0 Å². The van der Waals surface area contributed by atoms with Crippen LogP contribution in [-0.2, 0) is 4.74 Å². The summed E-state index contributed by atoms with van der Waals surface area (Å²) in [6.45, 7) is 4.62. The van der Waals surface area contributed by atoms with Crippen LogP contribution >= 0.6 is 0 Å². The van der Waals surface area contributed by atoms with Crippen molar-refractivity contribution in [3.05, 3.63) is 47.3 Å². The van der Waals surface area contributed by atoms with E-state index in [0.29, 0.717) is 42.2 Å². The van der Waals surface area contributed by atoms with E-state index in [1.165, 1.54) is 12.4 Å². The first-order valence-electron chi connectivity index (χ1n) is 11.5. The molecule has 1 amide bonds. The van der Waals surface area contributed by atoms with E-state index in [-0.39, 0.29) is 36.7 Å². The average Bonchev–Trinajstić information content (AvgIpc) is 2.80. The number of hydrogen-bond donors (Lipinski definition) is 1. The Balaban J connectivity index is 1.65. The third-order valence-electron chi connectivity index (χ3n) is 6.34. The van der Waals surface area contributed by atoms with E-state index < -0.39 is 5.92 Å². The molecule has 2 fully saturated rings. The molecule has 172 valence electrons. The molecule has 0 radical (unpaired) electrons. The van der Waals surface area contributed by atoms with Gasteiger partial charge in [-0.1, -0.05) is 13.8 Å². The van der Waals surface area contributed by atoms with E-state index in [1.807, 2.05) is 19.9 Å². The quantitative estimate of drug-likeness (QED) is 0.632. The van der Waals surface area contributed by atoms with Crippen LogP contribution in [-0.4, -0.2) is 33.4 Å². The fourth-order valence-corrected chi connectivity index (χ4v) is 4.46. The zero-order valence-corrected chi connectivity index (χ0v) is 18.6.